The Kier molecular flexibility index (Phi) is 4.20. The smallest absolute Gasteiger partial charge is 0.488 e. The van der Waals surface area contributed by atoms with E-state index >= 15 is 0 Å². The molecule has 2 N–H and O–H groups in total. The standard InChI is InChI=1S/C13H12BF3O3/c15-13(16,17)5-6-20-12-4-2-9-7-11(14(18)19)3-1-10(9)8-12/h1-4,7-8,18-19H,5-6H2. The zero-order chi connectivity index (χ0) is 14.8. The fourth-order valence-corrected chi connectivity index (χ4v) is 1.78. The van der Waals surface area contributed by atoms with Crippen molar-refractivity contribution in [3.63, 3.8) is 0 Å². The number of benzene rings is 2. The Balaban J connectivity index is 2.12. The van der Waals surface area contributed by atoms with Crippen LogP contribution < -0.4 is 10.2 Å². The monoisotopic (exact) mass is 284 g/mol. The molecule has 0 saturated heterocycles. The van der Waals surface area contributed by atoms with Crippen molar-refractivity contribution >= 4 is 23.4 Å². The molecule has 0 spiro atoms. The van der Waals surface area contributed by atoms with Gasteiger partial charge in [-0.05, 0) is 28.4 Å². The zero-order valence-electron chi connectivity index (χ0n) is 10.4. The minimum atomic E-state index is -4.23. The van der Waals surface area contributed by atoms with E-state index in [0.717, 1.165) is 10.8 Å². The number of alkyl halides is 3. The molecule has 2 aromatic rings. The molecule has 3 nitrogen and oxygen atoms in total. The molecular weight excluding hydrogens is 272 g/mol. The third-order valence-corrected chi connectivity index (χ3v) is 2.79. The average molecular weight is 284 g/mol. The van der Waals surface area contributed by atoms with E-state index in [1.165, 1.54) is 6.07 Å². The maximum absolute atomic E-state index is 12.0. The van der Waals surface area contributed by atoms with Gasteiger partial charge in [-0.3, -0.25) is 0 Å². The van der Waals surface area contributed by atoms with Crippen LogP contribution in [0, 0.1) is 0 Å². The van der Waals surface area contributed by atoms with Crippen LogP contribution in [0.4, 0.5) is 13.2 Å². The van der Waals surface area contributed by atoms with Crippen molar-refractivity contribution in [2.24, 2.45) is 0 Å². The van der Waals surface area contributed by atoms with E-state index in [2.05, 4.69) is 0 Å². The zero-order valence-corrected chi connectivity index (χ0v) is 10.4. The van der Waals surface area contributed by atoms with Gasteiger partial charge in [0.15, 0.2) is 0 Å². The van der Waals surface area contributed by atoms with E-state index in [4.69, 9.17) is 14.8 Å². The molecule has 0 aliphatic carbocycles. The SMILES string of the molecule is OB(O)c1ccc2cc(OCCC(F)(F)F)ccc2c1. The van der Waals surface area contributed by atoms with Crippen LogP contribution in [0.1, 0.15) is 6.42 Å². The summed E-state index contributed by atoms with van der Waals surface area (Å²) in [6, 6.07) is 9.60. The summed E-state index contributed by atoms with van der Waals surface area (Å²) in [5, 5.41) is 19.6. The number of ether oxygens (including phenoxy) is 1. The fraction of sp³-hybridized carbons (Fsp3) is 0.231. The van der Waals surface area contributed by atoms with Gasteiger partial charge in [-0.2, -0.15) is 13.2 Å². The lowest BCUT2D eigenvalue weighted by atomic mass is 9.79. The van der Waals surface area contributed by atoms with Crippen molar-refractivity contribution < 1.29 is 28.0 Å². The first kappa shape index (κ1) is 14.7. The number of rotatable bonds is 4. The molecule has 0 bridgehead atoms. The molecular formula is C13H12BF3O3. The van der Waals surface area contributed by atoms with Gasteiger partial charge >= 0.3 is 13.3 Å². The Bertz CT molecular complexity index is 599. The van der Waals surface area contributed by atoms with Crippen molar-refractivity contribution in [3.05, 3.63) is 36.4 Å². The van der Waals surface area contributed by atoms with Gasteiger partial charge in [0, 0.05) is 0 Å². The highest BCUT2D eigenvalue weighted by Crippen LogP contribution is 2.23. The first-order chi connectivity index (χ1) is 9.35. The number of hydrogen-bond donors (Lipinski definition) is 2. The van der Waals surface area contributed by atoms with Crippen LogP contribution in [0.2, 0.25) is 0 Å². The summed E-state index contributed by atoms with van der Waals surface area (Å²) in [7, 11) is -1.55. The van der Waals surface area contributed by atoms with Gasteiger partial charge < -0.3 is 14.8 Å². The molecule has 0 atom stereocenters. The normalized spacial score (nSPS) is 11.7. The Morgan fingerprint density at radius 3 is 2.30 bits per heavy atom. The van der Waals surface area contributed by atoms with Crippen LogP contribution in [0.5, 0.6) is 5.75 Å². The third kappa shape index (κ3) is 3.88. The minimum Gasteiger partial charge on any atom is -0.493 e. The van der Waals surface area contributed by atoms with E-state index < -0.39 is 26.3 Å². The summed E-state index contributed by atoms with van der Waals surface area (Å²) >= 11 is 0. The Morgan fingerprint density at radius 2 is 1.65 bits per heavy atom. The molecule has 2 aromatic carbocycles. The van der Waals surface area contributed by atoms with Crippen molar-refractivity contribution in [2.45, 2.75) is 12.6 Å². The molecule has 0 unspecified atom stereocenters. The fourth-order valence-electron chi connectivity index (χ4n) is 1.78. The predicted molar refractivity (Wildman–Crippen MR) is 69.9 cm³/mol. The van der Waals surface area contributed by atoms with Crippen LogP contribution >= 0.6 is 0 Å². The average Bonchev–Trinajstić information content (AvgIpc) is 2.36. The van der Waals surface area contributed by atoms with E-state index in [-0.39, 0.29) is 0 Å². The quantitative estimate of drug-likeness (QED) is 0.842. The second-order valence-electron chi connectivity index (χ2n) is 4.36. The third-order valence-electron chi connectivity index (χ3n) is 2.79. The second kappa shape index (κ2) is 5.72. The topological polar surface area (TPSA) is 49.7 Å². The highest BCUT2D eigenvalue weighted by Gasteiger charge is 2.26. The number of halogens is 3. The van der Waals surface area contributed by atoms with Crippen LogP contribution in [-0.2, 0) is 0 Å². The maximum Gasteiger partial charge on any atom is 0.488 e. The Hall–Kier alpha value is -1.73. The van der Waals surface area contributed by atoms with Crippen LogP contribution in [0.15, 0.2) is 36.4 Å². The lowest BCUT2D eigenvalue weighted by molar-refractivity contribution is -0.139. The summed E-state index contributed by atoms with van der Waals surface area (Å²) in [6.07, 6.45) is -5.23. The van der Waals surface area contributed by atoms with Gasteiger partial charge in [0.05, 0.1) is 13.0 Å². The Labute approximate surface area is 113 Å². The predicted octanol–water partition coefficient (Wildman–Crippen LogP) is 1.85. The van der Waals surface area contributed by atoms with Crippen molar-refractivity contribution in [2.75, 3.05) is 6.61 Å². The molecule has 20 heavy (non-hydrogen) atoms. The first-order valence-corrected chi connectivity index (χ1v) is 5.94. The highest BCUT2D eigenvalue weighted by molar-refractivity contribution is 6.58. The molecule has 0 saturated carbocycles. The van der Waals surface area contributed by atoms with Gasteiger partial charge in [-0.25, -0.2) is 0 Å². The van der Waals surface area contributed by atoms with Crippen molar-refractivity contribution in [1.82, 2.24) is 0 Å². The Morgan fingerprint density at radius 1 is 1.00 bits per heavy atom. The molecule has 0 amide bonds. The van der Waals surface area contributed by atoms with E-state index in [1.54, 1.807) is 30.3 Å². The van der Waals surface area contributed by atoms with Crippen molar-refractivity contribution in [1.29, 1.82) is 0 Å². The first-order valence-electron chi connectivity index (χ1n) is 5.94. The van der Waals surface area contributed by atoms with Gasteiger partial charge in [0.1, 0.15) is 5.75 Å². The second-order valence-corrected chi connectivity index (χ2v) is 4.36. The largest absolute Gasteiger partial charge is 0.493 e. The number of fused-ring (bicyclic) bond motifs is 1. The minimum absolute atomic E-state index is 0.346. The maximum atomic E-state index is 12.0. The summed E-state index contributed by atoms with van der Waals surface area (Å²) in [5.74, 6) is 0.346. The number of hydrogen-bond acceptors (Lipinski definition) is 3. The van der Waals surface area contributed by atoms with E-state index in [1.807, 2.05) is 0 Å². The summed E-state index contributed by atoms with van der Waals surface area (Å²) in [6.45, 7) is -0.428. The molecule has 2 rings (SSSR count). The summed E-state index contributed by atoms with van der Waals surface area (Å²) in [4.78, 5) is 0. The van der Waals surface area contributed by atoms with Gasteiger partial charge in [0.2, 0.25) is 0 Å². The molecule has 7 heteroatoms. The summed E-state index contributed by atoms with van der Waals surface area (Å²) < 4.78 is 41.1. The van der Waals surface area contributed by atoms with Gasteiger partial charge in [0.25, 0.3) is 0 Å². The highest BCUT2D eigenvalue weighted by atomic mass is 19.4. The van der Waals surface area contributed by atoms with E-state index in [0.29, 0.717) is 11.2 Å². The van der Waals surface area contributed by atoms with Crippen LogP contribution in [0.25, 0.3) is 10.8 Å². The van der Waals surface area contributed by atoms with Crippen LogP contribution in [0.3, 0.4) is 0 Å². The van der Waals surface area contributed by atoms with E-state index in [9.17, 15) is 13.2 Å². The van der Waals surface area contributed by atoms with Crippen molar-refractivity contribution in [3.8, 4) is 5.75 Å². The molecule has 0 radical (unpaired) electrons. The molecule has 0 aromatic heterocycles. The molecule has 106 valence electrons. The van der Waals surface area contributed by atoms with Gasteiger partial charge in [-0.15, -0.1) is 0 Å². The molecule has 0 aliphatic rings. The lowest BCUT2D eigenvalue weighted by Gasteiger charge is -2.09. The lowest BCUT2D eigenvalue weighted by Crippen LogP contribution is -2.29. The van der Waals surface area contributed by atoms with Crippen LogP contribution in [-0.4, -0.2) is 29.9 Å². The molecule has 0 aliphatic heterocycles. The molecule has 0 fully saturated rings. The van der Waals surface area contributed by atoms with Gasteiger partial charge in [-0.1, -0.05) is 24.3 Å². The summed E-state index contributed by atoms with van der Waals surface area (Å²) in [5.41, 5.74) is 0.350. The molecule has 0 heterocycles.